The molecule has 0 amide bonds. The number of benzene rings is 5. The molecule has 9 aromatic rings. The Hall–Kier alpha value is -5.04. The maximum absolute atomic E-state index is 8.79. The first-order chi connectivity index (χ1) is 32.5. The molecule has 7 heteroatoms. The third-order valence-corrected chi connectivity index (χ3v) is 14.0. The van der Waals surface area contributed by atoms with Crippen LogP contribution in [-0.2, 0) is 31.9 Å². The average molecular weight is 1050 g/mol. The van der Waals surface area contributed by atoms with Crippen molar-refractivity contribution >= 4 is 55.9 Å². The monoisotopic (exact) mass is 1050 g/mol. The van der Waals surface area contributed by atoms with E-state index in [9.17, 15) is 0 Å². The Balaban J connectivity index is 0.000000230. The second-order valence-corrected chi connectivity index (χ2v) is 25.1. The molecule has 0 N–H and O–H groups in total. The first-order valence-corrected chi connectivity index (χ1v) is 25.3. The molecule has 5 aromatic carbocycles. The number of rotatable bonds is 6. The SMILES string of the molecule is [2H]C([2H])([2H])c1c[c-]c(-c2cc(C([2H])([2H])C(C)(C)C)c([Si](C)(C)C)cn2)cc1.[2H]C([2H])([2H])c1ccc(-c2ccc3c(n2)sc2c(-c4nc5ccccc5n4-c4ccc(C(C)(C)C)cc4)[c-]cc(C)c23)cc1.[Ir]. The van der Waals surface area contributed by atoms with Gasteiger partial charge in [0.25, 0.3) is 0 Å². The topological polar surface area (TPSA) is 43.6 Å². The maximum Gasteiger partial charge on any atom is 0.114 e. The van der Waals surface area contributed by atoms with Crippen LogP contribution in [0.3, 0.4) is 0 Å². The number of aryl methyl sites for hydroxylation is 3. The Morgan fingerprint density at radius 2 is 1.49 bits per heavy atom. The summed E-state index contributed by atoms with van der Waals surface area (Å²) in [4.78, 5) is 15.7. The summed E-state index contributed by atoms with van der Waals surface area (Å²) in [6.07, 6.45) is 0.269. The molecule has 4 heterocycles. The van der Waals surface area contributed by atoms with Gasteiger partial charge in [0.2, 0.25) is 0 Å². The second-order valence-electron chi connectivity index (χ2n) is 19.1. The molecule has 0 atom stereocenters. The van der Waals surface area contributed by atoms with Gasteiger partial charge in [0, 0.05) is 53.9 Å². The fraction of sp³-hybridized carbons (Fsp3) is 0.268. The van der Waals surface area contributed by atoms with E-state index in [1.165, 1.54) is 11.6 Å². The van der Waals surface area contributed by atoms with Gasteiger partial charge in [-0.1, -0.05) is 158 Å². The fourth-order valence-electron chi connectivity index (χ4n) is 7.69. The molecule has 0 saturated carbocycles. The van der Waals surface area contributed by atoms with E-state index in [4.69, 9.17) is 20.9 Å². The van der Waals surface area contributed by atoms with Crippen LogP contribution in [0.25, 0.3) is 70.9 Å². The van der Waals surface area contributed by atoms with Gasteiger partial charge in [-0.15, -0.1) is 53.1 Å². The van der Waals surface area contributed by atoms with Crippen molar-refractivity contribution in [3.05, 3.63) is 161 Å². The van der Waals surface area contributed by atoms with Gasteiger partial charge < -0.3 is 9.55 Å². The van der Waals surface area contributed by atoms with E-state index in [2.05, 4.69) is 124 Å². The third-order valence-electron chi connectivity index (χ3n) is 10.9. The Bertz CT molecular complexity index is 3380. The molecule has 0 spiro atoms. The minimum Gasteiger partial charge on any atom is -0.333 e. The van der Waals surface area contributed by atoms with Crippen LogP contribution < -0.4 is 5.19 Å². The van der Waals surface area contributed by atoms with Crippen molar-refractivity contribution in [2.24, 2.45) is 5.41 Å². The molecule has 0 unspecified atom stereocenters. The van der Waals surface area contributed by atoms with Crippen LogP contribution in [0.5, 0.6) is 0 Å². The molecule has 1 radical (unpaired) electrons. The molecule has 9 rings (SSSR count). The van der Waals surface area contributed by atoms with E-state index in [0.717, 1.165) is 70.4 Å². The quantitative estimate of drug-likeness (QED) is 0.123. The summed E-state index contributed by atoms with van der Waals surface area (Å²) in [6, 6.07) is 43.3. The van der Waals surface area contributed by atoms with Crippen LogP contribution in [-0.4, -0.2) is 27.6 Å². The summed E-state index contributed by atoms with van der Waals surface area (Å²) < 4.78 is 66.4. The first kappa shape index (κ1) is 36.3. The molecule has 63 heavy (non-hydrogen) atoms. The van der Waals surface area contributed by atoms with E-state index < -0.39 is 33.6 Å². The Labute approximate surface area is 404 Å². The van der Waals surface area contributed by atoms with Crippen LogP contribution >= 0.6 is 11.3 Å². The van der Waals surface area contributed by atoms with Gasteiger partial charge in [0.1, 0.15) is 4.83 Å². The molecule has 0 saturated heterocycles. The van der Waals surface area contributed by atoms with Gasteiger partial charge in [-0.25, -0.2) is 4.98 Å². The Morgan fingerprint density at radius 1 is 0.778 bits per heavy atom. The summed E-state index contributed by atoms with van der Waals surface area (Å²) in [6.45, 7) is 16.8. The molecule has 323 valence electrons. The van der Waals surface area contributed by atoms with Crippen LogP contribution in [0.15, 0.2) is 121 Å². The molecule has 0 fully saturated rings. The molecule has 4 nitrogen and oxygen atoms in total. The van der Waals surface area contributed by atoms with E-state index in [0.29, 0.717) is 22.4 Å². The van der Waals surface area contributed by atoms with Crippen LogP contribution in [0.4, 0.5) is 0 Å². The van der Waals surface area contributed by atoms with Crippen LogP contribution in [0, 0.1) is 38.2 Å². The van der Waals surface area contributed by atoms with Gasteiger partial charge >= 0.3 is 0 Å². The Morgan fingerprint density at radius 3 is 2.14 bits per heavy atom. The normalized spacial score (nSPS) is 14.6. The van der Waals surface area contributed by atoms with Crippen molar-refractivity contribution < 1.29 is 31.1 Å². The van der Waals surface area contributed by atoms with Crippen molar-refractivity contribution in [2.45, 2.75) is 93.6 Å². The zero-order chi connectivity index (χ0) is 50.9. The van der Waals surface area contributed by atoms with Gasteiger partial charge in [-0.2, -0.15) is 11.3 Å². The number of nitrogens with zero attached hydrogens (tertiary/aromatic N) is 4. The van der Waals surface area contributed by atoms with Crippen LogP contribution in [0.2, 0.25) is 19.6 Å². The summed E-state index contributed by atoms with van der Waals surface area (Å²) >= 11 is 1.65. The second kappa shape index (κ2) is 17.8. The predicted octanol–water partition coefficient (Wildman–Crippen LogP) is 14.8. The minimum absolute atomic E-state index is 0. The van der Waals surface area contributed by atoms with E-state index in [-0.39, 0.29) is 31.1 Å². The zero-order valence-electron chi connectivity index (χ0n) is 45.6. The van der Waals surface area contributed by atoms with Crippen LogP contribution in [0.1, 0.15) is 80.3 Å². The standard InChI is InChI=1S/C36H30N3S.C20H28NSi.Ir/c1-22-10-13-24(14-11-22)29-21-20-27-32-23(2)12-19-28(33(32)40-35(27)38-29)34-37-30-8-6-7-9-31(30)39(34)26-17-15-25(16-18-26)36(3,4)5;1-15-8-10-16(11-9-15)18-12-17(13-20(2,3)4)19(14-21-18)22(5,6)7;/h6-18,20-21H,1-5H3;8-10,12,14H,13H2,1-7H3;/q2*-1;/i1D3;1D3,13D2;. The van der Waals surface area contributed by atoms with Gasteiger partial charge in [-0.3, -0.25) is 4.98 Å². The number of hydrogen-bond donors (Lipinski definition) is 0. The molecule has 0 bridgehead atoms. The zero-order valence-corrected chi connectivity index (χ0v) is 41.8. The van der Waals surface area contributed by atoms with Crippen molar-refractivity contribution in [3.63, 3.8) is 0 Å². The molecule has 4 aromatic heterocycles. The molecular formula is C56H58IrN4SSi-2. The van der Waals surface area contributed by atoms with E-state index >= 15 is 0 Å². The number of hydrogen-bond acceptors (Lipinski definition) is 4. The fourth-order valence-corrected chi connectivity index (χ4v) is 10.3. The smallest absolute Gasteiger partial charge is 0.114 e. The van der Waals surface area contributed by atoms with E-state index in [1.807, 2.05) is 51.1 Å². The van der Waals surface area contributed by atoms with Gasteiger partial charge in [0.05, 0.1) is 30.6 Å². The average Bonchev–Trinajstić information content (AvgIpc) is 3.87. The molecule has 0 aliphatic rings. The van der Waals surface area contributed by atoms with Crippen molar-refractivity contribution in [3.8, 4) is 39.6 Å². The number of para-hydroxylation sites is 2. The number of thiophene rings is 1. The number of pyridine rings is 2. The summed E-state index contributed by atoms with van der Waals surface area (Å²) in [5.74, 6) is 0.849. The number of aromatic nitrogens is 4. The molecule has 0 aliphatic carbocycles. The summed E-state index contributed by atoms with van der Waals surface area (Å²) in [7, 11) is -1.81. The molecule has 0 aliphatic heterocycles. The molecular weight excluding hydrogens is 981 g/mol. The number of fused-ring (bicyclic) bond motifs is 4. The van der Waals surface area contributed by atoms with Gasteiger partial charge in [0.15, 0.2) is 0 Å². The summed E-state index contributed by atoms with van der Waals surface area (Å²) in [5.41, 5.74) is 10.1. The largest absolute Gasteiger partial charge is 0.333 e. The van der Waals surface area contributed by atoms with Gasteiger partial charge in [-0.05, 0) is 75.5 Å². The third kappa shape index (κ3) is 9.88. The van der Waals surface area contributed by atoms with E-state index in [1.54, 1.807) is 41.8 Å². The predicted molar refractivity (Wildman–Crippen MR) is 269 cm³/mol. The minimum atomic E-state index is -2.17. The Kier molecular flexibility index (Phi) is 10.3. The maximum atomic E-state index is 8.79. The van der Waals surface area contributed by atoms with Crippen molar-refractivity contribution in [1.29, 1.82) is 0 Å². The first-order valence-electron chi connectivity index (χ1n) is 25.0. The summed E-state index contributed by atoms with van der Waals surface area (Å²) in [5, 5.41) is 3.25. The van der Waals surface area contributed by atoms with Crippen molar-refractivity contribution in [1.82, 2.24) is 19.5 Å². The number of imidazole rings is 1. The van der Waals surface area contributed by atoms with Crippen molar-refractivity contribution in [2.75, 3.05) is 0 Å².